The van der Waals surface area contributed by atoms with E-state index in [2.05, 4.69) is 24.9 Å². The molecular formula is C18H24N9O10P. The molecule has 3 aromatic heterocycles. The number of hydrogen-bond acceptors (Lipinski definition) is 14. The van der Waals surface area contributed by atoms with Crippen LogP contribution in [0.2, 0.25) is 0 Å². The van der Waals surface area contributed by atoms with Gasteiger partial charge in [0.2, 0.25) is 11.9 Å². The van der Waals surface area contributed by atoms with Gasteiger partial charge < -0.3 is 45.9 Å². The molecule has 0 amide bonds. The van der Waals surface area contributed by atoms with Gasteiger partial charge in [0.25, 0.3) is 0 Å². The van der Waals surface area contributed by atoms with Crippen molar-refractivity contribution in [3.05, 3.63) is 33.5 Å². The minimum atomic E-state index is -5.09. The van der Waals surface area contributed by atoms with E-state index in [-0.39, 0.29) is 42.3 Å². The van der Waals surface area contributed by atoms with Crippen LogP contribution in [-0.4, -0.2) is 84.6 Å². The summed E-state index contributed by atoms with van der Waals surface area (Å²) in [6.07, 6.45) is -3.90. The van der Waals surface area contributed by atoms with Gasteiger partial charge >= 0.3 is 19.1 Å². The molecule has 0 saturated carbocycles. The number of ether oxygens (including phenoxy) is 2. The summed E-state index contributed by atoms with van der Waals surface area (Å²) in [6, 6.07) is 0. The molecule has 0 bridgehead atoms. The average molecular weight is 557 g/mol. The first-order valence-corrected chi connectivity index (χ1v) is 12.7. The molecule has 3 aromatic rings. The quantitative estimate of drug-likeness (QED) is 0.143. The highest BCUT2D eigenvalue weighted by Crippen LogP contribution is 2.50. The summed E-state index contributed by atoms with van der Waals surface area (Å²) in [5, 5.41) is 21.1. The molecule has 20 heteroatoms. The SMILES string of the molecule is Nc1ncn([C@H]2C[C@H](OP(=O)(O)O)[C@](CO)(C[C@H]3O[C@@H](n4cnc5c(=O)nc(N)[nH]c54)C[C@@H]3O)O2)c(=O)n1. The number of anilines is 2. The smallest absolute Gasteiger partial charge is 0.393 e. The first-order valence-electron chi connectivity index (χ1n) is 11.2. The second kappa shape index (κ2) is 9.47. The van der Waals surface area contributed by atoms with E-state index in [0.29, 0.717) is 0 Å². The Labute approximate surface area is 211 Å². The van der Waals surface area contributed by atoms with Gasteiger partial charge in [-0.05, 0) is 0 Å². The lowest BCUT2D eigenvalue weighted by molar-refractivity contribution is -0.157. The Morgan fingerprint density at radius 1 is 1.16 bits per heavy atom. The largest absolute Gasteiger partial charge is 0.469 e. The third-order valence-electron chi connectivity index (χ3n) is 6.49. The Morgan fingerprint density at radius 3 is 2.58 bits per heavy atom. The Balaban J connectivity index is 1.43. The number of phosphoric ester groups is 1. The Bertz CT molecular complexity index is 1520. The van der Waals surface area contributed by atoms with Gasteiger partial charge in [-0.1, -0.05) is 0 Å². The maximum absolute atomic E-state index is 12.3. The topological polar surface area (TPSA) is 289 Å². The van der Waals surface area contributed by atoms with Gasteiger partial charge in [0.1, 0.15) is 36.1 Å². The monoisotopic (exact) mass is 557 g/mol. The van der Waals surface area contributed by atoms with Crippen LogP contribution in [0.25, 0.3) is 11.2 Å². The number of nitrogen functional groups attached to an aromatic ring is 2. The van der Waals surface area contributed by atoms with Gasteiger partial charge in [0.15, 0.2) is 5.52 Å². The minimum absolute atomic E-state index is 0.000744. The van der Waals surface area contributed by atoms with Crippen molar-refractivity contribution >= 4 is 30.9 Å². The molecule has 0 spiro atoms. The van der Waals surface area contributed by atoms with Crippen molar-refractivity contribution in [3.8, 4) is 0 Å². The number of rotatable bonds is 7. The highest BCUT2D eigenvalue weighted by atomic mass is 31.2. The number of imidazole rings is 1. The normalized spacial score (nSPS) is 29.8. The van der Waals surface area contributed by atoms with Crippen LogP contribution < -0.4 is 22.7 Å². The summed E-state index contributed by atoms with van der Waals surface area (Å²) in [5.41, 5.74) is 7.93. The number of aromatic amines is 1. The Kier molecular flexibility index (Phi) is 6.56. The van der Waals surface area contributed by atoms with Crippen molar-refractivity contribution in [3.63, 3.8) is 0 Å². The second-order valence-electron chi connectivity index (χ2n) is 8.93. The first-order chi connectivity index (χ1) is 17.9. The summed E-state index contributed by atoms with van der Waals surface area (Å²) in [4.78, 5) is 60.9. The number of nitrogens with two attached hydrogens (primary N) is 2. The summed E-state index contributed by atoms with van der Waals surface area (Å²) < 4.78 is 31.0. The third-order valence-corrected chi connectivity index (χ3v) is 7.02. The van der Waals surface area contributed by atoms with Crippen LogP contribution in [0.3, 0.4) is 0 Å². The molecular weight excluding hydrogens is 533 g/mol. The first kappa shape index (κ1) is 26.3. The number of aliphatic hydroxyl groups excluding tert-OH is 2. The fourth-order valence-electron chi connectivity index (χ4n) is 4.79. The van der Waals surface area contributed by atoms with E-state index in [0.717, 1.165) is 10.9 Å². The van der Waals surface area contributed by atoms with Crippen molar-refractivity contribution in [2.75, 3.05) is 18.1 Å². The number of H-pyrrole nitrogens is 1. The predicted octanol–water partition coefficient (Wildman–Crippen LogP) is -2.90. The lowest BCUT2D eigenvalue weighted by Gasteiger charge is -2.35. The molecule has 2 fully saturated rings. The van der Waals surface area contributed by atoms with Gasteiger partial charge in [0, 0.05) is 19.3 Å². The van der Waals surface area contributed by atoms with Gasteiger partial charge in [0.05, 0.1) is 25.1 Å². The van der Waals surface area contributed by atoms with Crippen molar-refractivity contribution in [2.24, 2.45) is 0 Å². The lowest BCUT2D eigenvalue weighted by Crippen LogP contribution is -2.48. The molecule has 38 heavy (non-hydrogen) atoms. The molecule has 19 nitrogen and oxygen atoms in total. The van der Waals surface area contributed by atoms with Crippen LogP contribution in [0.1, 0.15) is 31.7 Å². The summed E-state index contributed by atoms with van der Waals surface area (Å²) in [5.74, 6) is -0.441. The second-order valence-corrected chi connectivity index (χ2v) is 10.1. The van der Waals surface area contributed by atoms with Gasteiger partial charge in [-0.25, -0.2) is 19.3 Å². The maximum atomic E-state index is 12.3. The summed E-state index contributed by atoms with van der Waals surface area (Å²) >= 11 is 0. The van der Waals surface area contributed by atoms with E-state index < -0.39 is 62.0 Å². The van der Waals surface area contributed by atoms with Crippen LogP contribution in [0.4, 0.5) is 11.9 Å². The maximum Gasteiger partial charge on any atom is 0.469 e. The number of aliphatic hydroxyl groups is 2. The van der Waals surface area contributed by atoms with Gasteiger partial charge in [-0.2, -0.15) is 9.97 Å². The van der Waals surface area contributed by atoms with E-state index in [1.165, 1.54) is 10.9 Å². The van der Waals surface area contributed by atoms with Crippen molar-refractivity contribution in [1.82, 2.24) is 34.1 Å². The highest BCUT2D eigenvalue weighted by Gasteiger charge is 2.55. The molecule has 206 valence electrons. The number of nitrogens with one attached hydrogen (secondary N) is 1. The fourth-order valence-corrected chi connectivity index (χ4v) is 5.40. The van der Waals surface area contributed by atoms with Crippen molar-refractivity contribution in [1.29, 1.82) is 0 Å². The third kappa shape index (κ3) is 4.81. The molecule has 2 aliphatic rings. The minimum Gasteiger partial charge on any atom is -0.393 e. The fraction of sp³-hybridized carbons (Fsp3) is 0.556. The average Bonchev–Trinajstić information content (AvgIpc) is 3.49. The van der Waals surface area contributed by atoms with E-state index >= 15 is 0 Å². The van der Waals surface area contributed by atoms with Crippen LogP contribution >= 0.6 is 7.82 Å². The molecule has 0 aliphatic carbocycles. The van der Waals surface area contributed by atoms with Crippen LogP contribution in [0.5, 0.6) is 0 Å². The molecule has 0 aromatic carbocycles. The molecule has 0 unspecified atom stereocenters. The molecule has 9 N–H and O–H groups in total. The standard InChI is InChI=1S/C18H24N9O10P/c19-15-22-6-27(17(31)25-15)11-2-9(37-38(32,33)34)18(4-28,36-11)3-8-7(29)1-10(35-8)26-5-21-12-13(26)23-16(20)24-14(12)30/h5-11,28-29H,1-4H2,(H2,19,25,31)(H2,32,33,34)(H3,20,23,24,30)/t7-,8+,9-,10+,11+,18+/m0/s1. The lowest BCUT2D eigenvalue weighted by atomic mass is 9.89. The molecule has 5 rings (SSSR count). The summed E-state index contributed by atoms with van der Waals surface area (Å²) in [6.45, 7) is -0.820. The molecule has 2 aliphatic heterocycles. The van der Waals surface area contributed by atoms with Crippen LogP contribution in [0.15, 0.2) is 22.2 Å². The van der Waals surface area contributed by atoms with E-state index in [1.54, 1.807) is 0 Å². The molecule has 6 atom stereocenters. The highest BCUT2D eigenvalue weighted by molar-refractivity contribution is 7.46. The van der Waals surface area contributed by atoms with Crippen molar-refractivity contribution < 1.29 is 38.6 Å². The molecule has 5 heterocycles. The Morgan fingerprint density at radius 2 is 1.89 bits per heavy atom. The zero-order valence-electron chi connectivity index (χ0n) is 19.4. The zero-order valence-corrected chi connectivity index (χ0v) is 20.3. The molecule has 0 radical (unpaired) electrons. The van der Waals surface area contributed by atoms with Gasteiger partial charge in [-0.15, -0.1) is 0 Å². The zero-order chi connectivity index (χ0) is 27.4. The Hall–Kier alpha value is -3.29. The van der Waals surface area contributed by atoms with Crippen LogP contribution in [0, 0.1) is 0 Å². The summed E-state index contributed by atoms with van der Waals surface area (Å²) in [7, 11) is -5.09. The van der Waals surface area contributed by atoms with Crippen LogP contribution in [-0.2, 0) is 18.6 Å². The number of nitrogens with zero attached hydrogens (tertiary/aromatic N) is 6. The number of fused-ring (bicyclic) bond motifs is 1. The number of hydrogen-bond donors (Lipinski definition) is 7. The number of phosphoric acid groups is 1. The van der Waals surface area contributed by atoms with E-state index in [4.69, 9.17) is 25.5 Å². The molecule has 2 saturated heterocycles. The van der Waals surface area contributed by atoms with E-state index in [1.807, 2.05) is 0 Å². The predicted molar refractivity (Wildman–Crippen MR) is 124 cm³/mol. The van der Waals surface area contributed by atoms with E-state index in [9.17, 15) is 34.2 Å². The van der Waals surface area contributed by atoms with Gasteiger partial charge in [-0.3, -0.25) is 18.5 Å². The van der Waals surface area contributed by atoms with Crippen molar-refractivity contribution in [2.45, 2.75) is 55.6 Å². The number of aromatic nitrogens is 7.